The number of rotatable bonds is 6. The zero-order valence-corrected chi connectivity index (χ0v) is 15.6. The molecule has 1 aromatic carbocycles. The summed E-state index contributed by atoms with van der Waals surface area (Å²) in [6, 6.07) is 6.06. The SMILES string of the molecule is C[C@@H]1C[C@H](C)CN(CCCNC(=O)c2ccc(S(C)(=O)=O)cc2)C1. The lowest BCUT2D eigenvalue weighted by molar-refractivity contribution is 0.0947. The minimum absolute atomic E-state index is 0.157. The molecule has 2 rings (SSSR count). The van der Waals surface area contributed by atoms with Crippen molar-refractivity contribution >= 4 is 15.7 Å². The van der Waals surface area contributed by atoms with E-state index >= 15 is 0 Å². The lowest BCUT2D eigenvalue weighted by Gasteiger charge is -2.34. The third-order valence-electron chi connectivity index (χ3n) is 4.43. The van der Waals surface area contributed by atoms with Gasteiger partial charge in [0.1, 0.15) is 0 Å². The molecule has 0 saturated carbocycles. The van der Waals surface area contributed by atoms with Gasteiger partial charge in [0.2, 0.25) is 0 Å². The zero-order valence-electron chi connectivity index (χ0n) is 14.8. The number of sulfone groups is 1. The number of hydrogen-bond acceptors (Lipinski definition) is 4. The van der Waals surface area contributed by atoms with Crippen molar-refractivity contribution < 1.29 is 13.2 Å². The predicted molar refractivity (Wildman–Crippen MR) is 95.9 cm³/mol. The molecule has 2 atom stereocenters. The normalized spacial score (nSPS) is 22.3. The Hall–Kier alpha value is -1.40. The van der Waals surface area contributed by atoms with E-state index in [0.717, 1.165) is 44.1 Å². The van der Waals surface area contributed by atoms with Crippen LogP contribution in [-0.4, -0.2) is 51.7 Å². The maximum Gasteiger partial charge on any atom is 0.251 e. The molecule has 134 valence electrons. The number of benzene rings is 1. The second-order valence-electron chi connectivity index (χ2n) is 7.11. The lowest BCUT2D eigenvalue weighted by atomic mass is 9.92. The highest BCUT2D eigenvalue weighted by molar-refractivity contribution is 7.90. The summed E-state index contributed by atoms with van der Waals surface area (Å²) in [5.41, 5.74) is 0.489. The third-order valence-corrected chi connectivity index (χ3v) is 5.55. The summed E-state index contributed by atoms with van der Waals surface area (Å²) in [6.07, 6.45) is 3.38. The molecule has 1 amide bonds. The molecule has 24 heavy (non-hydrogen) atoms. The molecule has 1 fully saturated rings. The van der Waals surface area contributed by atoms with E-state index in [1.807, 2.05) is 0 Å². The maximum atomic E-state index is 12.1. The molecule has 0 radical (unpaired) electrons. The van der Waals surface area contributed by atoms with Crippen molar-refractivity contribution in [3.63, 3.8) is 0 Å². The molecule has 1 N–H and O–H groups in total. The van der Waals surface area contributed by atoms with Crippen LogP contribution in [0.15, 0.2) is 29.2 Å². The summed E-state index contributed by atoms with van der Waals surface area (Å²) in [4.78, 5) is 14.8. The van der Waals surface area contributed by atoms with Crippen LogP contribution in [0.3, 0.4) is 0 Å². The molecule has 1 aliphatic heterocycles. The number of nitrogens with one attached hydrogen (secondary N) is 1. The Morgan fingerprint density at radius 3 is 2.29 bits per heavy atom. The first-order chi connectivity index (χ1) is 11.3. The van der Waals surface area contributed by atoms with Crippen molar-refractivity contribution in [1.29, 1.82) is 0 Å². The molecule has 1 aromatic rings. The van der Waals surface area contributed by atoms with Crippen molar-refractivity contribution in [2.24, 2.45) is 11.8 Å². The Morgan fingerprint density at radius 2 is 1.75 bits per heavy atom. The van der Waals surface area contributed by atoms with Crippen LogP contribution in [0.25, 0.3) is 0 Å². The van der Waals surface area contributed by atoms with Gasteiger partial charge in [0.15, 0.2) is 9.84 Å². The molecule has 0 aliphatic carbocycles. The Kier molecular flexibility index (Phi) is 6.40. The van der Waals surface area contributed by atoms with E-state index in [2.05, 4.69) is 24.1 Å². The van der Waals surface area contributed by atoms with Gasteiger partial charge < -0.3 is 10.2 Å². The fourth-order valence-corrected chi connectivity index (χ4v) is 4.07. The molecule has 1 saturated heterocycles. The van der Waals surface area contributed by atoms with E-state index in [0.29, 0.717) is 12.1 Å². The van der Waals surface area contributed by atoms with Gasteiger partial charge in [-0.2, -0.15) is 0 Å². The van der Waals surface area contributed by atoms with Crippen LogP contribution in [0.1, 0.15) is 37.0 Å². The fraction of sp³-hybridized carbons (Fsp3) is 0.611. The van der Waals surface area contributed by atoms with Crippen molar-refractivity contribution in [2.75, 3.05) is 32.4 Å². The smallest absolute Gasteiger partial charge is 0.251 e. The second kappa shape index (κ2) is 8.12. The van der Waals surface area contributed by atoms with Gasteiger partial charge in [0, 0.05) is 31.5 Å². The minimum Gasteiger partial charge on any atom is -0.352 e. The standard InChI is InChI=1S/C18H28N2O3S/c1-14-11-15(2)13-20(12-14)10-4-9-19-18(21)16-5-7-17(8-6-16)24(3,22)23/h5-8,14-15H,4,9-13H2,1-3H3,(H,19,21)/t14-,15+. The van der Waals surface area contributed by atoms with E-state index in [4.69, 9.17) is 0 Å². The van der Waals surface area contributed by atoms with E-state index in [1.54, 1.807) is 12.1 Å². The van der Waals surface area contributed by atoms with Crippen LogP contribution >= 0.6 is 0 Å². The van der Waals surface area contributed by atoms with Crippen LogP contribution in [0, 0.1) is 11.8 Å². The lowest BCUT2D eigenvalue weighted by Crippen LogP contribution is -2.40. The van der Waals surface area contributed by atoms with E-state index in [1.165, 1.54) is 18.6 Å². The summed E-state index contributed by atoms with van der Waals surface area (Å²) in [5.74, 6) is 1.34. The summed E-state index contributed by atoms with van der Waals surface area (Å²) < 4.78 is 22.8. The Labute approximate surface area is 145 Å². The number of nitrogens with zero attached hydrogens (tertiary/aromatic N) is 1. The minimum atomic E-state index is -3.22. The summed E-state index contributed by atoms with van der Waals surface area (Å²) in [7, 11) is -3.22. The number of carbonyl (C=O) groups excluding carboxylic acids is 1. The van der Waals surface area contributed by atoms with Crippen LogP contribution in [0.4, 0.5) is 0 Å². The number of hydrogen-bond donors (Lipinski definition) is 1. The number of piperidine rings is 1. The quantitative estimate of drug-likeness (QED) is 0.797. The highest BCUT2D eigenvalue weighted by Crippen LogP contribution is 2.20. The van der Waals surface area contributed by atoms with E-state index < -0.39 is 9.84 Å². The Balaban J connectivity index is 1.75. The van der Waals surface area contributed by atoms with Gasteiger partial charge >= 0.3 is 0 Å². The molecule has 0 bridgehead atoms. The van der Waals surface area contributed by atoms with Crippen molar-refractivity contribution in [3.8, 4) is 0 Å². The van der Waals surface area contributed by atoms with Gasteiger partial charge in [0.25, 0.3) is 5.91 Å². The molecular weight excluding hydrogens is 324 g/mol. The molecule has 0 unspecified atom stereocenters. The summed E-state index contributed by atoms with van der Waals surface area (Å²) in [6.45, 7) is 8.51. The maximum absolute atomic E-state index is 12.1. The average molecular weight is 353 g/mol. The molecule has 1 aliphatic rings. The predicted octanol–water partition coefficient (Wildman–Crippen LogP) is 2.19. The van der Waals surface area contributed by atoms with Gasteiger partial charge in [-0.05, 0) is 55.5 Å². The van der Waals surface area contributed by atoms with Gasteiger partial charge in [0.05, 0.1) is 4.90 Å². The number of carbonyl (C=O) groups is 1. The van der Waals surface area contributed by atoms with Crippen molar-refractivity contribution in [1.82, 2.24) is 10.2 Å². The number of likely N-dealkylation sites (tertiary alicyclic amines) is 1. The monoisotopic (exact) mass is 352 g/mol. The topological polar surface area (TPSA) is 66.5 Å². The average Bonchev–Trinajstić information content (AvgIpc) is 2.50. The van der Waals surface area contributed by atoms with Crippen LogP contribution in [0.2, 0.25) is 0 Å². The van der Waals surface area contributed by atoms with Crippen LogP contribution < -0.4 is 5.32 Å². The molecule has 0 aromatic heterocycles. The molecular formula is C18H28N2O3S. The highest BCUT2D eigenvalue weighted by Gasteiger charge is 2.21. The third kappa shape index (κ3) is 5.60. The molecule has 5 nitrogen and oxygen atoms in total. The summed E-state index contributed by atoms with van der Waals surface area (Å²) in [5, 5.41) is 2.90. The first kappa shape index (κ1) is 18.9. The van der Waals surface area contributed by atoms with Crippen LogP contribution in [0.5, 0.6) is 0 Å². The molecule has 0 spiro atoms. The first-order valence-electron chi connectivity index (χ1n) is 8.56. The molecule has 6 heteroatoms. The summed E-state index contributed by atoms with van der Waals surface area (Å²) >= 11 is 0. The molecule has 1 heterocycles. The van der Waals surface area contributed by atoms with Crippen LogP contribution in [-0.2, 0) is 9.84 Å². The van der Waals surface area contributed by atoms with Crippen molar-refractivity contribution in [2.45, 2.75) is 31.6 Å². The van der Waals surface area contributed by atoms with Gasteiger partial charge in [-0.3, -0.25) is 4.79 Å². The van der Waals surface area contributed by atoms with Gasteiger partial charge in [-0.25, -0.2) is 8.42 Å². The Morgan fingerprint density at radius 1 is 1.17 bits per heavy atom. The second-order valence-corrected chi connectivity index (χ2v) is 9.13. The number of amides is 1. The fourth-order valence-electron chi connectivity index (χ4n) is 3.43. The Bertz CT molecular complexity index is 645. The van der Waals surface area contributed by atoms with E-state index in [-0.39, 0.29) is 10.8 Å². The van der Waals surface area contributed by atoms with Gasteiger partial charge in [-0.15, -0.1) is 0 Å². The highest BCUT2D eigenvalue weighted by atomic mass is 32.2. The van der Waals surface area contributed by atoms with Gasteiger partial charge in [-0.1, -0.05) is 13.8 Å². The first-order valence-corrected chi connectivity index (χ1v) is 10.5. The zero-order chi connectivity index (χ0) is 17.7. The van der Waals surface area contributed by atoms with Crippen molar-refractivity contribution in [3.05, 3.63) is 29.8 Å². The van der Waals surface area contributed by atoms with E-state index in [9.17, 15) is 13.2 Å². The largest absolute Gasteiger partial charge is 0.352 e.